The number of aliphatic imine (C=N–C) groups is 1. The van der Waals surface area contributed by atoms with Crippen molar-refractivity contribution in [3.63, 3.8) is 0 Å². The first-order chi connectivity index (χ1) is 15.2. The Labute approximate surface area is 197 Å². The molecule has 12 heteroatoms. The first-order valence-corrected chi connectivity index (χ1v) is 12.1. The molecule has 2 amide bonds. The summed E-state index contributed by atoms with van der Waals surface area (Å²) in [7, 11) is -2.30. The Morgan fingerprint density at radius 2 is 1.72 bits per heavy atom. The average molecular weight is 509 g/mol. The number of sulfonamides is 1. The predicted octanol–water partition coefficient (Wildman–Crippen LogP) is 4.92. The van der Waals surface area contributed by atoms with Crippen molar-refractivity contribution in [1.82, 2.24) is 4.72 Å². The highest BCUT2D eigenvalue weighted by molar-refractivity contribution is 7.92. The van der Waals surface area contributed by atoms with Crippen LogP contribution in [-0.4, -0.2) is 33.0 Å². The number of amides is 2. The zero-order valence-electron chi connectivity index (χ0n) is 16.3. The minimum atomic E-state index is -4.06. The lowest BCUT2D eigenvalue weighted by atomic mass is 10.0. The predicted molar refractivity (Wildman–Crippen MR) is 127 cm³/mol. The van der Waals surface area contributed by atoms with Crippen LogP contribution in [0, 0.1) is 0 Å². The third kappa shape index (κ3) is 4.35. The van der Waals surface area contributed by atoms with E-state index in [0.717, 1.165) is 17.0 Å². The van der Waals surface area contributed by atoms with Crippen LogP contribution in [0.2, 0.25) is 9.36 Å². The molecule has 0 unspecified atom stereocenters. The van der Waals surface area contributed by atoms with Gasteiger partial charge in [-0.25, -0.2) is 22.9 Å². The smallest absolute Gasteiger partial charge is 0.333 e. The maximum Gasteiger partial charge on any atom is 0.333 e. The van der Waals surface area contributed by atoms with Crippen molar-refractivity contribution < 1.29 is 18.0 Å². The molecule has 164 valence electrons. The lowest BCUT2D eigenvalue weighted by molar-refractivity contribution is 0.107. The lowest BCUT2D eigenvalue weighted by Crippen LogP contribution is -2.33. The normalized spacial score (nSPS) is 12.8. The van der Waals surface area contributed by atoms with Crippen LogP contribution in [0.1, 0.15) is 15.9 Å². The van der Waals surface area contributed by atoms with E-state index in [1.54, 1.807) is 25.2 Å². The van der Waals surface area contributed by atoms with Gasteiger partial charge in [0.25, 0.3) is 10.0 Å². The molecular formula is C20H14Cl2N4O4S2. The molecule has 1 aliphatic heterocycles. The molecule has 3 N–H and O–H groups in total. The molecule has 0 spiro atoms. The first kappa shape index (κ1) is 22.3. The summed E-state index contributed by atoms with van der Waals surface area (Å²) >= 11 is 12.9. The molecule has 0 aliphatic carbocycles. The number of hydrogen-bond donors (Lipinski definition) is 3. The number of fused-ring (bicyclic) bond motifs is 1. The van der Waals surface area contributed by atoms with Crippen LogP contribution >= 0.6 is 34.5 Å². The number of nitrogens with zero attached hydrogens (tertiary/aromatic N) is 1. The molecule has 0 fully saturated rings. The van der Waals surface area contributed by atoms with Crippen LogP contribution in [0.5, 0.6) is 0 Å². The molecule has 3 aromatic rings. The fraction of sp³-hybridized carbons (Fsp3) is 0.0500. The molecule has 0 bridgehead atoms. The zero-order valence-corrected chi connectivity index (χ0v) is 19.4. The van der Waals surface area contributed by atoms with Crippen molar-refractivity contribution in [1.29, 1.82) is 0 Å². The van der Waals surface area contributed by atoms with E-state index >= 15 is 0 Å². The Bertz CT molecular complexity index is 1400. The second kappa shape index (κ2) is 8.55. The Balaban J connectivity index is 1.51. The van der Waals surface area contributed by atoms with Crippen LogP contribution in [0.4, 0.5) is 21.9 Å². The van der Waals surface area contributed by atoms with Crippen LogP contribution in [-0.2, 0) is 10.0 Å². The van der Waals surface area contributed by atoms with Crippen molar-refractivity contribution >= 4 is 79.2 Å². The van der Waals surface area contributed by atoms with Gasteiger partial charge in [-0.1, -0.05) is 23.2 Å². The summed E-state index contributed by atoms with van der Waals surface area (Å²) in [6.07, 6.45) is 0. The second-order valence-corrected chi connectivity index (χ2v) is 10.6. The van der Waals surface area contributed by atoms with Gasteiger partial charge in [0.05, 0.1) is 20.6 Å². The van der Waals surface area contributed by atoms with Gasteiger partial charge in [0.2, 0.25) is 5.78 Å². The fourth-order valence-electron chi connectivity index (χ4n) is 3.01. The maximum atomic E-state index is 12.7. The SMILES string of the molecule is CNc1ccc2c(c1)N=C(c1ccc(NC(=O)NS(=O)(=O)c3ccc(Cl)s3)cc1Cl)C2=O. The van der Waals surface area contributed by atoms with E-state index in [2.05, 4.69) is 15.6 Å². The summed E-state index contributed by atoms with van der Waals surface area (Å²) in [5.74, 6) is -0.260. The number of urea groups is 1. The molecule has 2 aromatic carbocycles. The van der Waals surface area contributed by atoms with Gasteiger partial charge in [-0.05, 0) is 48.5 Å². The zero-order chi connectivity index (χ0) is 23.0. The van der Waals surface area contributed by atoms with Gasteiger partial charge in [-0.2, -0.15) is 0 Å². The molecular weight excluding hydrogens is 495 g/mol. The third-order valence-electron chi connectivity index (χ3n) is 4.50. The van der Waals surface area contributed by atoms with Crippen molar-refractivity contribution in [2.24, 2.45) is 4.99 Å². The van der Waals surface area contributed by atoms with Crippen molar-refractivity contribution in [3.05, 3.63) is 69.0 Å². The standard InChI is InChI=1S/C20H14Cl2N4O4S2/c1-23-10-2-5-13-15(9-10)25-18(19(13)27)12-4-3-11(8-14(12)21)24-20(28)26-32(29,30)17-7-6-16(22)31-17/h2-9,23H,1H3,(H2,24,26,28). The number of halogens is 2. The largest absolute Gasteiger partial charge is 0.388 e. The monoisotopic (exact) mass is 508 g/mol. The Hall–Kier alpha value is -2.92. The number of ketones is 1. The number of benzene rings is 2. The average Bonchev–Trinajstić information content (AvgIpc) is 3.31. The number of thiophene rings is 1. The Morgan fingerprint density at radius 1 is 1.00 bits per heavy atom. The highest BCUT2D eigenvalue weighted by Gasteiger charge is 2.27. The summed E-state index contributed by atoms with van der Waals surface area (Å²) < 4.78 is 26.5. The Morgan fingerprint density at radius 3 is 2.38 bits per heavy atom. The topological polar surface area (TPSA) is 117 Å². The lowest BCUT2D eigenvalue weighted by Gasteiger charge is -2.09. The van der Waals surface area contributed by atoms with E-state index in [9.17, 15) is 18.0 Å². The molecule has 0 saturated carbocycles. The molecule has 0 radical (unpaired) electrons. The van der Waals surface area contributed by atoms with Crippen LogP contribution in [0.15, 0.2) is 57.7 Å². The molecule has 1 aromatic heterocycles. The highest BCUT2D eigenvalue weighted by atomic mass is 35.5. The van der Waals surface area contributed by atoms with Gasteiger partial charge in [0.15, 0.2) is 0 Å². The fourth-order valence-corrected chi connectivity index (χ4v) is 5.67. The first-order valence-electron chi connectivity index (χ1n) is 9.02. The molecule has 32 heavy (non-hydrogen) atoms. The van der Waals surface area contributed by atoms with Crippen molar-refractivity contribution in [2.75, 3.05) is 17.7 Å². The molecule has 8 nitrogen and oxygen atoms in total. The maximum absolute atomic E-state index is 12.7. The van der Waals surface area contributed by atoms with Gasteiger partial charge >= 0.3 is 6.03 Å². The summed E-state index contributed by atoms with van der Waals surface area (Å²) in [4.78, 5) is 29.3. The Kier molecular flexibility index (Phi) is 5.95. The molecule has 0 saturated heterocycles. The second-order valence-electron chi connectivity index (χ2n) is 6.58. The third-order valence-corrected chi connectivity index (χ3v) is 7.87. The van der Waals surface area contributed by atoms with Gasteiger partial charge in [-0.15, -0.1) is 11.3 Å². The number of hydrogen-bond acceptors (Lipinski definition) is 7. The number of carbonyl (C=O) groups excluding carboxylic acids is 2. The molecule has 1 aliphatic rings. The van der Waals surface area contributed by atoms with Crippen LogP contribution < -0.4 is 15.4 Å². The van der Waals surface area contributed by atoms with Gasteiger partial charge in [0.1, 0.15) is 9.92 Å². The van der Waals surface area contributed by atoms with Crippen molar-refractivity contribution in [2.45, 2.75) is 4.21 Å². The van der Waals surface area contributed by atoms with E-state index in [0.29, 0.717) is 16.8 Å². The van der Waals surface area contributed by atoms with Gasteiger partial charge in [0, 0.05) is 24.0 Å². The summed E-state index contributed by atoms with van der Waals surface area (Å²) in [6.45, 7) is 0. The minimum absolute atomic E-state index is 0.0928. The van der Waals surface area contributed by atoms with Gasteiger partial charge in [-0.3, -0.25) is 4.79 Å². The molecule has 0 atom stereocenters. The van der Waals surface area contributed by atoms with Crippen LogP contribution in [0.25, 0.3) is 0 Å². The number of nitrogens with one attached hydrogen (secondary N) is 3. The number of Topliss-reactive ketones (excluding diaryl/α,β-unsaturated/α-hetero) is 1. The van der Waals surface area contributed by atoms with Crippen LogP contribution in [0.3, 0.4) is 0 Å². The number of rotatable bonds is 5. The summed E-state index contributed by atoms with van der Waals surface area (Å²) in [6, 6.07) is 11.4. The molecule has 4 rings (SSSR count). The van der Waals surface area contributed by atoms with E-state index in [1.807, 2.05) is 4.72 Å². The quantitative estimate of drug-likeness (QED) is 0.451. The highest BCUT2D eigenvalue weighted by Crippen LogP contribution is 2.34. The molecule has 2 heterocycles. The van der Waals surface area contributed by atoms with E-state index in [-0.39, 0.29) is 30.8 Å². The van der Waals surface area contributed by atoms with E-state index in [1.165, 1.54) is 30.3 Å². The van der Waals surface area contributed by atoms with Gasteiger partial charge < -0.3 is 10.6 Å². The number of anilines is 2. The van der Waals surface area contributed by atoms with E-state index in [4.69, 9.17) is 23.2 Å². The summed E-state index contributed by atoms with van der Waals surface area (Å²) in [5.41, 5.74) is 2.63. The van der Waals surface area contributed by atoms with E-state index < -0.39 is 16.1 Å². The van der Waals surface area contributed by atoms with Crippen molar-refractivity contribution in [3.8, 4) is 0 Å². The summed E-state index contributed by atoms with van der Waals surface area (Å²) in [5, 5.41) is 5.56. The minimum Gasteiger partial charge on any atom is -0.388 e. The number of carbonyl (C=O) groups is 2.